The highest BCUT2D eigenvalue weighted by atomic mass is 79.9. The van der Waals surface area contributed by atoms with Crippen molar-refractivity contribution in [2.45, 2.75) is 12.8 Å². The van der Waals surface area contributed by atoms with Crippen molar-refractivity contribution >= 4 is 42.6 Å². The lowest BCUT2D eigenvalue weighted by atomic mass is 10.0. The molecule has 1 aromatic heterocycles. The second-order valence-corrected chi connectivity index (χ2v) is 8.91. The van der Waals surface area contributed by atoms with Crippen molar-refractivity contribution in [3.8, 4) is 0 Å². The number of hydrogen-bond donors (Lipinski definition) is 2. The van der Waals surface area contributed by atoms with Gasteiger partial charge in [-0.05, 0) is 53.4 Å². The SMILES string of the molecule is NCC1CCS(=O)(=NC(=O)c2cc(Br)c3nc[nH]c3c2)CC1. The van der Waals surface area contributed by atoms with Crippen molar-refractivity contribution in [3.63, 3.8) is 0 Å². The third-order valence-corrected chi connectivity index (χ3v) is 6.85. The zero-order valence-electron chi connectivity index (χ0n) is 11.9. The van der Waals surface area contributed by atoms with E-state index in [0.29, 0.717) is 34.0 Å². The Bertz CT molecular complexity index is 824. The fourth-order valence-electron chi connectivity index (χ4n) is 2.61. The van der Waals surface area contributed by atoms with Gasteiger partial charge in [-0.15, -0.1) is 0 Å². The number of aromatic nitrogens is 2. The number of H-pyrrole nitrogens is 1. The van der Waals surface area contributed by atoms with Crippen LogP contribution in [0.2, 0.25) is 0 Å². The summed E-state index contributed by atoms with van der Waals surface area (Å²) in [7, 11) is -2.45. The summed E-state index contributed by atoms with van der Waals surface area (Å²) in [4.78, 5) is 19.5. The van der Waals surface area contributed by atoms with E-state index in [9.17, 15) is 9.00 Å². The van der Waals surface area contributed by atoms with Crippen LogP contribution in [0.25, 0.3) is 11.0 Å². The second-order valence-electron chi connectivity index (χ2n) is 5.51. The van der Waals surface area contributed by atoms with Gasteiger partial charge in [-0.25, -0.2) is 9.19 Å². The number of nitrogens with one attached hydrogen (secondary N) is 1. The maximum absolute atomic E-state index is 12.7. The minimum absolute atomic E-state index is 0.398. The number of carbonyl (C=O) groups is 1. The summed E-state index contributed by atoms with van der Waals surface area (Å²) in [6, 6.07) is 3.36. The van der Waals surface area contributed by atoms with E-state index < -0.39 is 15.6 Å². The van der Waals surface area contributed by atoms with Gasteiger partial charge in [-0.2, -0.15) is 4.36 Å². The van der Waals surface area contributed by atoms with Gasteiger partial charge in [0.25, 0.3) is 5.91 Å². The van der Waals surface area contributed by atoms with E-state index in [-0.39, 0.29) is 0 Å². The maximum atomic E-state index is 12.7. The molecule has 2 heterocycles. The van der Waals surface area contributed by atoms with Crippen molar-refractivity contribution in [1.29, 1.82) is 0 Å². The molecule has 6 nitrogen and oxygen atoms in total. The monoisotopic (exact) mass is 384 g/mol. The molecule has 1 aliphatic rings. The molecular weight excluding hydrogens is 368 g/mol. The summed E-state index contributed by atoms with van der Waals surface area (Å²) < 4.78 is 17.4. The van der Waals surface area contributed by atoms with Crippen molar-refractivity contribution in [2.75, 3.05) is 18.1 Å². The Morgan fingerprint density at radius 1 is 1.45 bits per heavy atom. The summed E-state index contributed by atoms with van der Waals surface area (Å²) in [5.74, 6) is 0.867. The number of carbonyl (C=O) groups excluding carboxylic acids is 1. The number of nitrogens with zero attached hydrogens (tertiary/aromatic N) is 2. The number of amides is 1. The molecule has 0 atom stereocenters. The number of imidazole rings is 1. The zero-order chi connectivity index (χ0) is 15.7. The summed E-state index contributed by atoms with van der Waals surface area (Å²) in [5.41, 5.74) is 7.55. The Balaban J connectivity index is 1.89. The molecule has 2 aromatic rings. The van der Waals surface area contributed by atoms with Gasteiger partial charge in [0.1, 0.15) is 5.52 Å². The molecule has 118 valence electrons. The summed E-state index contributed by atoms with van der Waals surface area (Å²) in [5, 5.41) is 0. The number of fused-ring (bicyclic) bond motifs is 1. The molecule has 0 aliphatic carbocycles. The molecule has 0 unspecified atom stereocenters. The van der Waals surface area contributed by atoms with Crippen LogP contribution in [-0.2, 0) is 9.73 Å². The van der Waals surface area contributed by atoms with Crippen molar-refractivity contribution < 1.29 is 9.00 Å². The fraction of sp³-hybridized carbons (Fsp3) is 0.429. The largest absolute Gasteiger partial charge is 0.345 e. The summed E-state index contributed by atoms with van der Waals surface area (Å²) in [6.07, 6.45) is 3.11. The van der Waals surface area contributed by atoms with Crippen LogP contribution in [0, 0.1) is 5.92 Å². The average Bonchev–Trinajstić information content (AvgIpc) is 2.97. The van der Waals surface area contributed by atoms with Crippen molar-refractivity contribution in [3.05, 3.63) is 28.5 Å². The average molecular weight is 385 g/mol. The first kappa shape index (κ1) is 15.6. The molecule has 0 saturated carbocycles. The van der Waals surface area contributed by atoms with E-state index in [1.807, 2.05) is 0 Å². The minimum atomic E-state index is -2.45. The van der Waals surface area contributed by atoms with Gasteiger partial charge in [0.05, 0.1) is 21.6 Å². The van der Waals surface area contributed by atoms with Gasteiger partial charge in [-0.1, -0.05) is 0 Å². The third-order valence-electron chi connectivity index (χ3n) is 4.00. The van der Waals surface area contributed by atoms with Crippen LogP contribution in [0.15, 0.2) is 27.3 Å². The van der Waals surface area contributed by atoms with Crippen LogP contribution in [0.4, 0.5) is 0 Å². The highest BCUT2D eigenvalue weighted by molar-refractivity contribution is 9.10. The summed E-state index contributed by atoms with van der Waals surface area (Å²) >= 11 is 3.39. The molecule has 3 N–H and O–H groups in total. The first-order valence-corrected chi connectivity index (χ1v) is 9.75. The van der Waals surface area contributed by atoms with E-state index in [2.05, 4.69) is 30.3 Å². The lowest BCUT2D eigenvalue weighted by molar-refractivity contribution is 0.100. The molecule has 0 bridgehead atoms. The highest BCUT2D eigenvalue weighted by Gasteiger charge is 2.23. The van der Waals surface area contributed by atoms with Crippen LogP contribution >= 0.6 is 15.9 Å². The molecule has 1 amide bonds. The number of rotatable bonds is 2. The maximum Gasteiger partial charge on any atom is 0.285 e. The molecule has 1 aliphatic heterocycles. The molecule has 8 heteroatoms. The molecular formula is C14H17BrN4O2S. The quantitative estimate of drug-likeness (QED) is 0.828. The Morgan fingerprint density at radius 3 is 2.86 bits per heavy atom. The van der Waals surface area contributed by atoms with E-state index in [1.54, 1.807) is 18.5 Å². The van der Waals surface area contributed by atoms with Crippen molar-refractivity contribution in [1.82, 2.24) is 9.97 Å². The predicted molar refractivity (Wildman–Crippen MR) is 90.2 cm³/mol. The van der Waals surface area contributed by atoms with Crippen LogP contribution in [0.5, 0.6) is 0 Å². The molecule has 1 saturated heterocycles. The molecule has 1 fully saturated rings. The number of nitrogens with two attached hydrogens (primary N) is 1. The predicted octanol–water partition coefficient (Wildman–Crippen LogP) is 2.30. The fourth-order valence-corrected chi connectivity index (χ4v) is 5.37. The summed E-state index contributed by atoms with van der Waals surface area (Å²) in [6.45, 7) is 0.604. The smallest absolute Gasteiger partial charge is 0.285 e. The number of aromatic amines is 1. The molecule has 0 spiro atoms. The number of benzene rings is 1. The highest BCUT2D eigenvalue weighted by Crippen LogP contribution is 2.25. The van der Waals surface area contributed by atoms with Gasteiger partial charge < -0.3 is 10.7 Å². The first-order chi connectivity index (χ1) is 10.5. The molecule has 1 aromatic carbocycles. The van der Waals surface area contributed by atoms with Crippen molar-refractivity contribution in [2.24, 2.45) is 16.0 Å². The normalized spacial score (nSPS) is 25.3. The van der Waals surface area contributed by atoms with E-state index >= 15 is 0 Å². The minimum Gasteiger partial charge on any atom is -0.345 e. The van der Waals surface area contributed by atoms with Gasteiger partial charge in [0, 0.05) is 21.5 Å². The Kier molecular flexibility index (Phi) is 4.33. The Labute approximate surface area is 137 Å². The third kappa shape index (κ3) is 3.09. The van der Waals surface area contributed by atoms with Gasteiger partial charge in [0.2, 0.25) is 0 Å². The van der Waals surface area contributed by atoms with Crippen LogP contribution in [0.1, 0.15) is 23.2 Å². The lowest BCUT2D eigenvalue weighted by Crippen LogP contribution is -2.28. The van der Waals surface area contributed by atoms with Crippen LogP contribution in [0.3, 0.4) is 0 Å². The van der Waals surface area contributed by atoms with Gasteiger partial charge in [-0.3, -0.25) is 4.79 Å². The van der Waals surface area contributed by atoms with E-state index in [4.69, 9.17) is 5.73 Å². The number of hydrogen-bond acceptors (Lipinski definition) is 4. The zero-order valence-corrected chi connectivity index (χ0v) is 14.3. The molecule has 22 heavy (non-hydrogen) atoms. The Hall–Kier alpha value is -1.25. The topological polar surface area (TPSA) is 101 Å². The van der Waals surface area contributed by atoms with Gasteiger partial charge >= 0.3 is 0 Å². The first-order valence-electron chi connectivity index (χ1n) is 7.10. The standard InChI is InChI=1S/C14H17BrN4O2S/c15-11-5-10(6-12-13(11)18-8-17-12)14(20)19-22(21)3-1-9(7-16)2-4-22/h5-6,8-9H,1-4,7,16H2,(H,17,18). The van der Waals surface area contributed by atoms with Crippen LogP contribution < -0.4 is 5.73 Å². The van der Waals surface area contributed by atoms with Crippen LogP contribution in [-0.4, -0.2) is 38.1 Å². The van der Waals surface area contributed by atoms with E-state index in [1.165, 1.54) is 0 Å². The molecule has 0 radical (unpaired) electrons. The second kappa shape index (κ2) is 6.10. The molecule has 3 rings (SSSR count). The van der Waals surface area contributed by atoms with Gasteiger partial charge in [0.15, 0.2) is 0 Å². The number of halogens is 1. The lowest BCUT2D eigenvalue weighted by Gasteiger charge is -2.22. The van der Waals surface area contributed by atoms with E-state index in [0.717, 1.165) is 23.9 Å². The Morgan fingerprint density at radius 2 is 2.18 bits per heavy atom.